The molecule has 1 aliphatic heterocycles. The highest BCUT2D eigenvalue weighted by Crippen LogP contribution is 2.35. The van der Waals surface area contributed by atoms with Crippen LogP contribution in [0.1, 0.15) is 34.1 Å². The van der Waals surface area contributed by atoms with Crippen LogP contribution in [-0.4, -0.2) is 34.9 Å². The number of benzene rings is 2. The molecule has 0 saturated heterocycles. The lowest BCUT2D eigenvalue weighted by Gasteiger charge is -2.20. The van der Waals surface area contributed by atoms with E-state index >= 15 is 0 Å². The number of hydrogen-bond acceptors (Lipinski definition) is 3. The number of para-hydroxylation sites is 1. The Morgan fingerprint density at radius 3 is 2.62 bits per heavy atom. The molecule has 9 heteroatoms. The van der Waals surface area contributed by atoms with E-state index < -0.39 is 35.0 Å². The molecule has 0 fully saturated rings. The van der Waals surface area contributed by atoms with E-state index in [4.69, 9.17) is 4.74 Å². The van der Waals surface area contributed by atoms with Gasteiger partial charge in [0.15, 0.2) is 0 Å². The van der Waals surface area contributed by atoms with E-state index in [9.17, 15) is 27.2 Å². The minimum Gasteiger partial charge on any atom is -0.462 e. The third kappa shape index (κ3) is 3.86. The molecule has 2 heterocycles. The quantitative estimate of drug-likeness (QED) is 0.459. The van der Waals surface area contributed by atoms with E-state index in [1.54, 1.807) is 6.92 Å². The fourth-order valence-corrected chi connectivity index (χ4v) is 3.83. The van der Waals surface area contributed by atoms with Crippen molar-refractivity contribution in [2.45, 2.75) is 19.5 Å². The molecular formula is C23H18F4N2O3. The van der Waals surface area contributed by atoms with Crippen LogP contribution in [0.4, 0.5) is 17.6 Å². The number of rotatable bonds is 3. The van der Waals surface area contributed by atoms with Crippen LogP contribution < -0.4 is 0 Å². The van der Waals surface area contributed by atoms with Crippen LogP contribution in [-0.2, 0) is 22.1 Å². The Bertz CT molecular complexity index is 1240. The Balaban J connectivity index is 1.83. The molecule has 0 radical (unpaired) electrons. The second kappa shape index (κ2) is 8.14. The molecule has 0 saturated carbocycles. The smallest absolute Gasteiger partial charge is 0.417 e. The molecule has 0 bridgehead atoms. The first-order valence-electron chi connectivity index (χ1n) is 9.87. The molecule has 1 aromatic heterocycles. The summed E-state index contributed by atoms with van der Waals surface area (Å²) in [6.45, 7) is 1.68. The molecular weight excluding hydrogens is 428 g/mol. The maximum atomic E-state index is 13.8. The number of aromatic nitrogens is 1. The summed E-state index contributed by atoms with van der Waals surface area (Å²) in [5.74, 6) is -2.76. The van der Waals surface area contributed by atoms with Gasteiger partial charge in [-0.05, 0) is 43.2 Å². The Morgan fingerprint density at radius 2 is 1.91 bits per heavy atom. The fourth-order valence-electron chi connectivity index (χ4n) is 3.83. The number of ether oxygens (including phenoxy) is 1. The van der Waals surface area contributed by atoms with Crippen molar-refractivity contribution in [2.75, 3.05) is 13.2 Å². The van der Waals surface area contributed by atoms with E-state index in [1.807, 2.05) is 24.3 Å². The van der Waals surface area contributed by atoms with Gasteiger partial charge in [-0.2, -0.15) is 13.2 Å². The molecule has 32 heavy (non-hydrogen) atoms. The summed E-state index contributed by atoms with van der Waals surface area (Å²) in [7, 11) is 0. The highest BCUT2D eigenvalue weighted by atomic mass is 19.4. The number of carbonyl (C=O) groups is 2. The number of fused-ring (bicyclic) bond motifs is 3. The summed E-state index contributed by atoms with van der Waals surface area (Å²) in [5, 5.41) is 0.828. The monoisotopic (exact) mass is 446 g/mol. The van der Waals surface area contributed by atoms with Gasteiger partial charge in [0.05, 0.1) is 29.0 Å². The number of aromatic amines is 1. The summed E-state index contributed by atoms with van der Waals surface area (Å²) in [6, 6.07) is 9.07. The van der Waals surface area contributed by atoms with E-state index in [1.165, 1.54) is 6.20 Å². The van der Waals surface area contributed by atoms with Gasteiger partial charge in [0, 0.05) is 23.6 Å². The zero-order valence-electron chi connectivity index (χ0n) is 16.9. The van der Waals surface area contributed by atoms with E-state index in [-0.39, 0.29) is 25.1 Å². The van der Waals surface area contributed by atoms with Gasteiger partial charge in [-0.15, -0.1) is 0 Å². The molecule has 4 rings (SSSR count). The molecule has 1 aliphatic rings. The second-order valence-corrected chi connectivity index (χ2v) is 7.22. The van der Waals surface area contributed by atoms with Crippen molar-refractivity contribution >= 4 is 28.4 Å². The van der Waals surface area contributed by atoms with Crippen molar-refractivity contribution in [1.82, 2.24) is 9.88 Å². The summed E-state index contributed by atoms with van der Waals surface area (Å²) < 4.78 is 59.2. The van der Waals surface area contributed by atoms with Crippen LogP contribution in [0.5, 0.6) is 0 Å². The minimum atomic E-state index is -4.85. The summed E-state index contributed by atoms with van der Waals surface area (Å²) in [4.78, 5) is 29.9. The number of nitrogens with zero attached hydrogens (tertiary/aromatic N) is 1. The molecule has 0 spiro atoms. The maximum absolute atomic E-state index is 13.8. The molecule has 5 nitrogen and oxygen atoms in total. The van der Waals surface area contributed by atoms with E-state index in [0.29, 0.717) is 23.9 Å². The lowest BCUT2D eigenvalue weighted by Crippen LogP contribution is -2.30. The van der Waals surface area contributed by atoms with Gasteiger partial charge >= 0.3 is 12.1 Å². The molecule has 166 valence electrons. The SMILES string of the molecule is CCOC(=O)C1=CN(C(=O)c2cc(F)ccc2C(F)(F)F)CCc2c1[nH]c1ccccc21. The zero-order chi connectivity index (χ0) is 23.0. The number of halogens is 4. The first-order valence-corrected chi connectivity index (χ1v) is 9.87. The third-order valence-corrected chi connectivity index (χ3v) is 5.24. The topological polar surface area (TPSA) is 62.4 Å². The number of esters is 1. The average Bonchev–Trinajstić information content (AvgIpc) is 3.00. The predicted molar refractivity (Wildman–Crippen MR) is 109 cm³/mol. The molecule has 0 aliphatic carbocycles. The number of hydrogen-bond donors (Lipinski definition) is 1. The van der Waals surface area contributed by atoms with Gasteiger partial charge in [-0.1, -0.05) is 18.2 Å². The third-order valence-electron chi connectivity index (χ3n) is 5.24. The van der Waals surface area contributed by atoms with Crippen LogP contribution in [0, 0.1) is 5.82 Å². The highest BCUT2D eigenvalue weighted by molar-refractivity contribution is 6.18. The van der Waals surface area contributed by atoms with Crippen molar-refractivity contribution < 1.29 is 31.9 Å². The minimum absolute atomic E-state index is 0.00821. The van der Waals surface area contributed by atoms with Gasteiger partial charge in [0.25, 0.3) is 5.91 Å². The standard InChI is InChI=1S/C23H18F4N2O3/c1-2-32-22(31)17-12-29(10-9-15-14-5-3-4-6-19(14)28-20(15)17)21(30)16-11-13(24)7-8-18(16)23(25,26)27/h3-8,11-12,28H,2,9-10H2,1H3. The predicted octanol–water partition coefficient (Wildman–Crippen LogP) is 4.93. The lowest BCUT2D eigenvalue weighted by molar-refractivity contribution is -0.138. The van der Waals surface area contributed by atoms with Crippen molar-refractivity contribution in [3.63, 3.8) is 0 Å². The molecule has 3 aromatic rings. The van der Waals surface area contributed by atoms with Gasteiger partial charge in [0.2, 0.25) is 0 Å². The number of nitrogens with one attached hydrogen (secondary N) is 1. The Hall–Kier alpha value is -3.62. The first kappa shape index (κ1) is 21.6. The maximum Gasteiger partial charge on any atom is 0.417 e. The zero-order valence-corrected chi connectivity index (χ0v) is 16.9. The van der Waals surface area contributed by atoms with Gasteiger partial charge in [0.1, 0.15) is 5.82 Å². The highest BCUT2D eigenvalue weighted by Gasteiger charge is 2.37. The summed E-state index contributed by atoms with van der Waals surface area (Å²) >= 11 is 0. The van der Waals surface area contributed by atoms with Crippen LogP contribution in [0.3, 0.4) is 0 Å². The number of carbonyl (C=O) groups excluding carboxylic acids is 2. The average molecular weight is 446 g/mol. The van der Waals surface area contributed by atoms with Gasteiger partial charge in [-0.25, -0.2) is 9.18 Å². The number of alkyl halides is 3. The fraction of sp³-hybridized carbons (Fsp3) is 0.217. The Kier molecular flexibility index (Phi) is 5.50. The molecule has 0 unspecified atom stereocenters. The van der Waals surface area contributed by atoms with Gasteiger partial charge < -0.3 is 14.6 Å². The second-order valence-electron chi connectivity index (χ2n) is 7.22. The number of H-pyrrole nitrogens is 1. The summed E-state index contributed by atoms with van der Waals surface area (Å²) in [6.07, 6.45) is -3.41. The van der Waals surface area contributed by atoms with Gasteiger partial charge in [-0.3, -0.25) is 4.79 Å². The Morgan fingerprint density at radius 1 is 1.16 bits per heavy atom. The van der Waals surface area contributed by atoms with Crippen LogP contribution in [0.25, 0.3) is 16.5 Å². The van der Waals surface area contributed by atoms with Crippen molar-refractivity contribution in [1.29, 1.82) is 0 Å². The first-order chi connectivity index (χ1) is 15.2. The molecule has 2 aromatic carbocycles. The van der Waals surface area contributed by atoms with Crippen molar-refractivity contribution in [2.24, 2.45) is 0 Å². The van der Waals surface area contributed by atoms with Crippen molar-refractivity contribution in [3.05, 3.63) is 76.9 Å². The normalized spacial score (nSPS) is 14.0. The van der Waals surface area contributed by atoms with Crippen LogP contribution in [0.2, 0.25) is 0 Å². The molecule has 0 atom stereocenters. The molecule has 1 N–H and O–H groups in total. The summed E-state index contributed by atoms with van der Waals surface area (Å²) in [5.41, 5.74) is -0.109. The lowest BCUT2D eigenvalue weighted by atomic mass is 10.0. The van der Waals surface area contributed by atoms with E-state index in [0.717, 1.165) is 21.4 Å². The Labute approximate surface area is 180 Å². The van der Waals surface area contributed by atoms with Crippen LogP contribution in [0.15, 0.2) is 48.7 Å². The number of amides is 1. The largest absolute Gasteiger partial charge is 0.462 e. The molecule has 1 amide bonds. The van der Waals surface area contributed by atoms with E-state index in [2.05, 4.69) is 4.98 Å². The van der Waals surface area contributed by atoms with Crippen molar-refractivity contribution in [3.8, 4) is 0 Å². The van der Waals surface area contributed by atoms with Crippen LogP contribution >= 0.6 is 0 Å².